The number of methoxy groups -OCH3 is 1. The third-order valence-corrected chi connectivity index (χ3v) is 2.10. The van der Waals surface area contributed by atoms with Crippen molar-refractivity contribution in [2.24, 2.45) is 5.73 Å². The Labute approximate surface area is 96.7 Å². The summed E-state index contributed by atoms with van der Waals surface area (Å²) in [6, 6.07) is 4.64. The fourth-order valence-corrected chi connectivity index (χ4v) is 1.29. The van der Waals surface area contributed by atoms with Crippen molar-refractivity contribution in [3.05, 3.63) is 34.2 Å². The van der Waals surface area contributed by atoms with Gasteiger partial charge in [0.05, 0.1) is 12.8 Å². The lowest BCUT2D eigenvalue weighted by Crippen LogP contribution is -2.13. The molecule has 0 aliphatic carbocycles. The normalized spacial score (nSPS) is 10.2. The second-order valence-electron chi connectivity index (χ2n) is 3.25. The van der Waals surface area contributed by atoms with Crippen LogP contribution in [0.2, 0.25) is 0 Å². The molecule has 7 heteroatoms. The number of rotatable bonds is 3. The van der Waals surface area contributed by atoms with E-state index in [1.54, 1.807) is 12.1 Å². The number of nitrogens with two attached hydrogens (primary N) is 1. The van der Waals surface area contributed by atoms with E-state index in [1.807, 2.05) is 0 Å². The van der Waals surface area contributed by atoms with Gasteiger partial charge in [0.2, 0.25) is 5.88 Å². The Morgan fingerprint density at radius 1 is 1.41 bits per heavy atom. The minimum Gasteiger partial charge on any atom is -0.480 e. The van der Waals surface area contributed by atoms with Crippen molar-refractivity contribution in [2.45, 2.75) is 6.54 Å². The van der Waals surface area contributed by atoms with Crippen molar-refractivity contribution < 1.29 is 4.74 Å². The fourth-order valence-electron chi connectivity index (χ4n) is 1.29. The van der Waals surface area contributed by atoms with Crippen molar-refractivity contribution in [1.82, 2.24) is 20.2 Å². The maximum Gasteiger partial charge on any atom is 0.251 e. The van der Waals surface area contributed by atoms with Crippen molar-refractivity contribution in [2.75, 3.05) is 7.11 Å². The van der Waals surface area contributed by atoms with Crippen LogP contribution in [0.3, 0.4) is 0 Å². The molecule has 7 nitrogen and oxygen atoms in total. The highest BCUT2D eigenvalue weighted by molar-refractivity contribution is 5.48. The predicted molar refractivity (Wildman–Crippen MR) is 60.3 cm³/mol. The van der Waals surface area contributed by atoms with Gasteiger partial charge in [-0.15, -0.1) is 10.2 Å². The molecule has 17 heavy (non-hydrogen) atoms. The summed E-state index contributed by atoms with van der Waals surface area (Å²) >= 11 is 0. The van der Waals surface area contributed by atoms with E-state index in [0.29, 0.717) is 23.1 Å². The zero-order chi connectivity index (χ0) is 12.3. The maximum absolute atomic E-state index is 11.3. The standard InChI is InChI=1S/C10H11N5O2/c1-17-9-3-2-7(14-15-9)10-12-6(5-11)4-8(16)13-10/h2-4H,5,11H2,1H3,(H,12,13,16). The molecule has 0 amide bonds. The van der Waals surface area contributed by atoms with Crippen LogP contribution in [0.5, 0.6) is 5.88 Å². The Kier molecular flexibility index (Phi) is 3.10. The summed E-state index contributed by atoms with van der Waals surface area (Å²) in [7, 11) is 1.50. The minimum absolute atomic E-state index is 0.195. The molecule has 0 radical (unpaired) electrons. The molecule has 0 atom stereocenters. The van der Waals surface area contributed by atoms with Crippen LogP contribution in [-0.4, -0.2) is 27.3 Å². The van der Waals surface area contributed by atoms with Gasteiger partial charge in [-0.1, -0.05) is 0 Å². The monoisotopic (exact) mass is 233 g/mol. The second-order valence-corrected chi connectivity index (χ2v) is 3.25. The quantitative estimate of drug-likeness (QED) is 0.753. The molecule has 0 saturated heterocycles. The molecule has 0 spiro atoms. The summed E-state index contributed by atoms with van der Waals surface area (Å²) in [6.07, 6.45) is 0. The summed E-state index contributed by atoms with van der Waals surface area (Å²) in [5.74, 6) is 0.735. The number of H-pyrrole nitrogens is 1. The summed E-state index contributed by atoms with van der Waals surface area (Å²) < 4.78 is 4.89. The highest BCUT2D eigenvalue weighted by Crippen LogP contribution is 2.12. The van der Waals surface area contributed by atoms with Crippen molar-refractivity contribution in [3.8, 4) is 17.4 Å². The van der Waals surface area contributed by atoms with E-state index in [4.69, 9.17) is 10.5 Å². The summed E-state index contributed by atoms with van der Waals surface area (Å²) in [5.41, 5.74) is 6.13. The van der Waals surface area contributed by atoms with E-state index in [-0.39, 0.29) is 12.1 Å². The Morgan fingerprint density at radius 2 is 2.24 bits per heavy atom. The average molecular weight is 233 g/mol. The maximum atomic E-state index is 11.3. The van der Waals surface area contributed by atoms with E-state index in [2.05, 4.69) is 20.2 Å². The van der Waals surface area contributed by atoms with Crippen LogP contribution in [0.1, 0.15) is 5.69 Å². The molecule has 2 aromatic heterocycles. The first-order valence-electron chi connectivity index (χ1n) is 4.91. The van der Waals surface area contributed by atoms with Gasteiger partial charge in [0.25, 0.3) is 5.56 Å². The molecule has 0 aromatic carbocycles. The highest BCUT2D eigenvalue weighted by atomic mass is 16.5. The van der Waals surface area contributed by atoms with Gasteiger partial charge in [0.1, 0.15) is 5.69 Å². The smallest absolute Gasteiger partial charge is 0.251 e. The Hall–Kier alpha value is -2.28. The van der Waals surface area contributed by atoms with Crippen LogP contribution < -0.4 is 16.0 Å². The molecule has 2 aromatic rings. The molecule has 0 aliphatic rings. The molecule has 0 unspecified atom stereocenters. The molecular weight excluding hydrogens is 222 g/mol. The molecule has 88 valence electrons. The van der Waals surface area contributed by atoms with Crippen LogP contribution in [0.15, 0.2) is 23.0 Å². The predicted octanol–water partition coefficient (Wildman–Crippen LogP) is -0.306. The minimum atomic E-state index is -0.270. The number of aromatic nitrogens is 4. The third kappa shape index (κ3) is 2.45. The average Bonchev–Trinajstić information content (AvgIpc) is 2.38. The van der Waals surface area contributed by atoms with Crippen LogP contribution >= 0.6 is 0 Å². The number of nitrogens with one attached hydrogen (secondary N) is 1. The van der Waals surface area contributed by atoms with Gasteiger partial charge in [-0.25, -0.2) is 4.98 Å². The lowest BCUT2D eigenvalue weighted by molar-refractivity contribution is 0.392. The lowest BCUT2D eigenvalue weighted by atomic mass is 10.3. The zero-order valence-corrected chi connectivity index (χ0v) is 9.17. The van der Waals surface area contributed by atoms with Gasteiger partial charge in [0, 0.05) is 18.7 Å². The topological polar surface area (TPSA) is 107 Å². The molecule has 0 aliphatic heterocycles. The van der Waals surface area contributed by atoms with Crippen LogP contribution in [-0.2, 0) is 6.54 Å². The van der Waals surface area contributed by atoms with Crippen LogP contribution in [0, 0.1) is 0 Å². The Bertz CT molecular complexity index is 564. The van der Waals surface area contributed by atoms with Crippen molar-refractivity contribution in [1.29, 1.82) is 0 Å². The van der Waals surface area contributed by atoms with Crippen molar-refractivity contribution in [3.63, 3.8) is 0 Å². The molecule has 0 bridgehead atoms. The number of hydrogen-bond donors (Lipinski definition) is 2. The third-order valence-electron chi connectivity index (χ3n) is 2.10. The van der Waals surface area contributed by atoms with E-state index in [0.717, 1.165) is 0 Å². The first-order valence-corrected chi connectivity index (χ1v) is 4.91. The van der Waals surface area contributed by atoms with Gasteiger partial charge >= 0.3 is 0 Å². The molecule has 0 saturated carbocycles. The molecular formula is C10H11N5O2. The van der Waals surface area contributed by atoms with E-state index in [1.165, 1.54) is 13.2 Å². The van der Waals surface area contributed by atoms with Crippen LogP contribution in [0.4, 0.5) is 0 Å². The van der Waals surface area contributed by atoms with E-state index >= 15 is 0 Å². The SMILES string of the molecule is COc1ccc(-c2nc(CN)cc(=O)[nH]2)nn1. The van der Waals surface area contributed by atoms with Gasteiger partial charge in [-0.2, -0.15) is 0 Å². The number of ether oxygens (including phenoxy) is 1. The molecule has 3 N–H and O–H groups in total. The van der Waals surface area contributed by atoms with E-state index < -0.39 is 0 Å². The summed E-state index contributed by atoms with van der Waals surface area (Å²) in [5, 5.41) is 7.68. The second kappa shape index (κ2) is 4.71. The first-order chi connectivity index (χ1) is 8.22. The molecule has 2 rings (SSSR count). The molecule has 0 fully saturated rings. The summed E-state index contributed by atoms with van der Waals surface area (Å²) in [4.78, 5) is 18.1. The van der Waals surface area contributed by atoms with Gasteiger partial charge in [-0.3, -0.25) is 4.79 Å². The van der Waals surface area contributed by atoms with Crippen LogP contribution in [0.25, 0.3) is 11.5 Å². The molecule has 2 heterocycles. The zero-order valence-electron chi connectivity index (χ0n) is 9.17. The first kappa shape index (κ1) is 11.2. The van der Waals surface area contributed by atoms with Gasteiger partial charge in [0.15, 0.2) is 5.82 Å². The fraction of sp³-hybridized carbons (Fsp3) is 0.200. The van der Waals surface area contributed by atoms with Gasteiger partial charge in [-0.05, 0) is 6.07 Å². The largest absolute Gasteiger partial charge is 0.480 e. The highest BCUT2D eigenvalue weighted by Gasteiger charge is 2.05. The van der Waals surface area contributed by atoms with Gasteiger partial charge < -0.3 is 15.5 Å². The number of hydrogen-bond acceptors (Lipinski definition) is 6. The number of nitrogens with zero attached hydrogens (tertiary/aromatic N) is 3. The number of aromatic amines is 1. The Morgan fingerprint density at radius 3 is 2.82 bits per heavy atom. The summed E-state index contributed by atoms with van der Waals surface area (Å²) in [6.45, 7) is 0.195. The lowest BCUT2D eigenvalue weighted by Gasteiger charge is -2.02. The van der Waals surface area contributed by atoms with E-state index in [9.17, 15) is 4.79 Å². The Balaban J connectivity index is 2.44. The van der Waals surface area contributed by atoms with Crippen molar-refractivity contribution >= 4 is 0 Å².